The molecule has 0 radical (unpaired) electrons. The number of allylic oxidation sites excluding steroid dienone is 1. The molecule has 3 nitrogen and oxygen atoms in total. The topological polar surface area (TPSA) is 24.5 Å². The largest absolute Gasteiger partial charge is 0.497 e. The van der Waals surface area contributed by atoms with Crippen molar-refractivity contribution in [2.24, 2.45) is 5.92 Å². The molecule has 18 heavy (non-hydrogen) atoms. The van der Waals surface area contributed by atoms with Crippen molar-refractivity contribution in [2.45, 2.75) is 51.7 Å². The third-order valence-electron chi connectivity index (χ3n) is 4.00. The van der Waals surface area contributed by atoms with Crippen LogP contribution in [0.15, 0.2) is 12.3 Å². The maximum Gasteiger partial charge on any atom is 0.110 e. The Hall–Kier alpha value is -0.540. The van der Waals surface area contributed by atoms with Crippen LogP contribution in [0.4, 0.5) is 0 Å². The van der Waals surface area contributed by atoms with Gasteiger partial charge in [0.2, 0.25) is 0 Å². The summed E-state index contributed by atoms with van der Waals surface area (Å²) in [6.07, 6.45) is 9.10. The molecule has 0 aliphatic carbocycles. The van der Waals surface area contributed by atoms with Crippen LogP contribution in [0.25, 0.3) is 0 Å². The Labute approximate surface area is 113 Å². The van der Waals surface area contributed by atoms with Crippen LogP contribution in [0.2, 0.25) is 0 Å². The first kappa shape index (κ1) is 15.5. The molecule has 0 bridgehead atoms. The molecule has 0 spiro atoms. The van der Waals surface area contributed by atoms with Crippen molar-refractivity contribution >= 4 is 0 Å². The van der Waals surface area contributed by atoms with Gasteiger partial charge in [-0.3, -0.25) is 0 Å². The van der Waals surface area contributed by atoms with Gasteiger partial charge in [0.15, 0.2) is 0 Å². The Balaban J connectivity index is 2.30. The average molecular weight is 254 g/mol. The van der Waals surface area contributed by atoms with Crippen LogP contribution in [0.1, 0.15) is 39.5 Å². The third kappa shape index (κ3) is 4.99. The van der Waals surface area contributed by atoms with Gasteiger partial charge in [-0.15, -0.1) is 0 Å². The zero-order valence-electron chi connectivity index (χ0n) is 12.5. The van der Waals surface area contributed by atoms with Crippen LogP contribution in [0.5, 0.6) is 0 Å². The highest BCUT2D eigenvalue weighted by Gasteiger charge is 2.20. The lowest BCUT2D eigenvalue weighted by atomic mass is 9.93. The van der Waals surface area contributed by atoms with E-state index in [-0.39, 0.29) is 0 Å². The number of hydrogen-bond acceptors (Lipinski definition) is 3. The Morgan fingerprint density at radius 2 is 2.06 bits per heavy atom. The lowest BCUT2D eigenvalue weighted by molar-refractivity contribution is 0.116. The van der Waals surface area contributed by atoms with Crippen LogP contribution in [0, 0.1) is 5.92 Å². The molecule has 1 N–H and O–H groups in total. The molecule has 0 fully saturated rings. The minimum absolute atomic E-state index is 0.361. The first-order chi connectivity index (χ1) is 8.69. The molecule has 106 valence electrons. The molecule has 1 rings (SSSR count). The van der Waals surface area contributed by atoms with Gasteiger partial charge < -0.3 is 15.0 Å². The normalized spacial score (nSPS) is 21.3. The van der Waals surface area contributed by atoms with Gasteiger partial charge >= 0.3 is 0 Å². The number of ether oxygens (including phenoxy) is 1. The summed E-state index contributed by atoms with van der Waals surface area (Å²) in [5.74, 6) is 0.777. The molecule has 1 aliphatic rings. The first-order valence-electron chi connectivity index (χ1n) is 7.36. The lowest BCUT2D eigenvalue weighted by Gasteiger charge is -2.32. The van der Waals surface area contributed by atoms with Crippen LogP contribution in [-0.4, -0.2) is 44.2 Å². The van der Waals surface area contributed by atoms with Gasteiger partial charge in [-0.1, -0.05) is 26.7 Å². The number of likely N-dealkylation sites (N-methyl/N-ethyl adjacent to an activating group) is 1. The van der Waals surface area contributed by atoms with Gasteiger partial charge in [0.25, 0.3) is 0 Å². The zero-order chi connectivity index (χ0) is 13.4. The maximum atomic E-state index is 5.58. The van der Waals surface area contributed by atoms with Gasteiger partial charge in [-0.05, 0) is 38.9 Å². The van der Waals surface area contributed by atoms with Crippen molar-refractivity contribution in [2.75, 3.05) is 27.2 Å². The SMILES string of the molecule is CCC(CC)C(CNCC1CCC=CO1)N(C)C. The number of nitrogens with one attached hydrogen (secondary N) is 1. The minimum Gasteiger partial charge on any atom is -0.497 e. The van der Waals surface area contributed by atoms with Gasteiger partial charge in [-0.2, -0.15) is 0 Å². The van der Waals surface area contributed by atoms with E-state index in [2.05, 4.69) is 44.2 Å². The van der Waals surface area contributed by atoms with E-state index in [0.717, 1.165) is 31.8 Å². The highest BCUT2D eigenvalue weighted by Crippen LogP contribution is 2.16. The van der Waals surface area contributed by atoms with Crippen molar-refractivity contribution in [3.63, 3.8) is 0 Å². The fourth-order valence-electron chi connectivity index (χ4n) is 2.73. The fraction of sp³-hybridized carbons (Fsp3) is 0.867. The molecule has 0 aromatic rings. The van der Waals surface area contributed by atoms with E-state index in [0.29, 0.717) is 12.1 Å². The summed E-state index contributed by atoms with van der Waals surface area (Å²) in [6, 6.07) is 0.624. The van der Waals surface area contributed by atoms with Crippen LogP contribution in [0.3, 0.4) is 0 Å². The third-order valence-corrected chi connectivity index (χ3v) is 4.00. The molecule has 1 heterocycles. The predicted molar refractivity (Wildman–Crippen MR) is 77.7 cm³/mol. The molecule has 1 aliphatic heterocycles. The summed E-state index contributed by atoms with van der Waals surface area (Å²) in [4.78, 5) is 2.35. The van der Waals surface area contributed by atoms with Crippen LogP contribution in [-0.2, 0) is 4.74 Å². The van der Waals surface area contributed by atoms with Crippen molar-refractivity contribution in [1.82, 2.24) is 10.2 Å². The van der Waals surface area contributed by atoms with Crippen molar-refractivity contribution in [3.05, 3.63) is 12.3 Å². The second-order valence-corrected chi connectivity index (χ2v) is 5.47. The quantitative estimate of drug-likeness (QED) is 0.720. The molecule has 2 atom stereocenters. The van der Waals surface area contributed by atoms with E-state index < -0.39 is 0 Å². The number of nitrogens with zero attached hydrogens (tertiary/aromatic N) is 1. The smallest absolute Gasteiger partial charge is 0.110 e. The molecule has 0 saturated carbocycles. The Bertz CT molecular complexity index is 237. The summed E-state index contributed by atoms with van der Waals surface area (Å²) in [5.41, 5.74) is 0. The summed E-state index contributed by atoms with van der Waals surface area (Å²) >= 11 is 0. The average Bonchev–Trinajstić information content (AvgIpc) is 2.39. The lowest BCUT2D eigenvalue weighted by Crippen LogP contribution is -2.44. The second-order valence-electron chi connectivity index (χ2n) is 5.47. The highest BCUT2D eigenvalue weighted by molar-refractivity contribution is 4.84. The van der Waals surface area contributed by atoms with E-state index in [4.69, 9.17) is 4.74 Å². The molecule has 0 amide bonds. The standard InChI is InChI=1S/C15H30N2O/c1-5-13(6-2)15(17(3)4)12-16-11-14-9-7-8-10-18-14/h8,10,13-16H,5-7,9,11-12H2,1-4H3. The number of hydrogen-bond donors (Lipinski definition) is 1. The summed E-state index contributed by atoms with van der Waals surface area (Å²) in [5, 5.41) is 3.59. The van der Waals surface area contributed by atoms with E-state index in [9.17, 15) is 0 Å². The molecular weight excluding hydrogens is 224 g/mol. The zero-order valence-corrected chi connectivity index (χ0v) is 12.5. The van der Waals surface area contributed by atoms with Gasteiger partial charge in [0, 0.05) is 19.1 Å². The second kappa shape index (κ2) is 8.54. The molecule has 0 aromatic heterocycles. The first-order valence-corrected chi connectivity index (χ1v) is 7.36. The maximum absolute atomic E-state index is 5.58. The van der Waals surface area contributed by atoms with Crippen molar-refractivity contribution in [1.29, 1.82) is 0 Å². The summed E-state index contributed by atoms with van der Waals surface area (Å²) < 4.78 is 5.58. The fourth-order valence-corrected chi connectivity index (χ4v) is 2.73. The number of rotatable bonds is 8. The molecule has 2 unspecified atom stereocenters. The molecule has 0 saturated heterocycles. The minimum atomic E-state index is 0.361. The Morgan fingerprint density at radius 1 is 1.33 bits per heavy atom. The molecule has 3 heteroatoms. The highest BCUT2D eigenvalue weighted by atomic mass is 16.5. The van der Waals surface area contributed by atoms with Crippen molar-refractivity contribution < 1.29 is 4.74 Å². The van der Waals surface area contributed by atoms with E-state index >= 15 is 0 Å². The monoisotopic (exact) mass is 254 g/mol. The molecule has 0 aromatic carbocycles. The van der Waals surface area contributed by atoms with E-state index in [1.54, 1.807) is 0 Å². The van der Waals surface area contributed by atoms with Gasteiger partial charge in [0.05, 0.1) is 6.26 Å². The van der Waals surface area contributed by atoms with E-state index in [1.807, 2.05) is 6.26 Å². The summed E-state index contributed by atoms with van der Waals surface area (Å²) in [7, 11) is 4.37. The predicted octanol–water partition coefficient (Wildman–Crippen LogP) is 2.64. The Kier molecular flexibility index (Phi) is 7.36. The van der Waals surface area contributed by atoms with Crippen molar-refractivity contribution in [3.8, 4) is 0 Å². The van der Waals surface area contributed by atoms with Crippen LogP contribution < -0.4 is 5.32 Å². The van der Waals surface area contributed by atoms with Crippen LogP contribution >= 0.6 is 0 Å². The Morgan fingerprint density at radius 3 is 2.56 bits per heavy atom. The molecular formula is C15H30N2O. The van der Waals surface area contributed by atoms with E-state index in [1.165, 1.54) is 12.8 Å². The van der Waals surface area contributed by atoms with Gasteiger partial charge in [0.1, 0.15) is 6.10 Å². The van der Waals surface area contributed by atoms with Gasteiger partial charge in [-0.25, -0.2) is 0 Å². The summed E-state index contributed by atoms with van der Waals surface area (Å²) in [6.45, 7) is 6.61.